The Morgan fingerprint density at radius 2 is 1.64 bits per heavy atom. The van der Waals surface area contributed by atoms with Gasteiger partial charge in [-0.25, -0.2) is 8.78 Å². The second-order valence-electron chi connectivity index (χ2n) is 3.54. The molecule has 1 aromatic carbocycles. The highest BCUT2D eigenvalue weighted by Crippen LogP contribution is 2.23. The van der Waals surface area contributed by atoms with Gasteiger partial charge in [0.15, 0.2) is 0 Å². The molecule has 0 heterocycles. The fraction of sp³-hybridized carbons (Fsp3) is 0.400. The number of nitrogens with two attached hydrogens (primary N) is 1. The first-order valence-corrected chi connectivity index (χ1v) is 4.34. The number of hydrogen-bond donors (Lipinski definition) is 1. The van der Waals surface area contributed by atoms with E-state index in [9.17, 15) is 8.78 Å². The van der Waals surface area contributed by atoms with Crippen molar-refractivity contribution in [2.24, 2.45) is 0 Å². The molecule has 0 bridgehead atoms. The molecule has 0 aromatic heterocycles. The number of benzene rings is 1. The SMILES string of the molecule is CC(c1cc(F)c(N)c(F)c1)N(C)C. The number of halogens is 2. The van der Waals surface area contributed by atoms with Crippen LogP contribution in [0.4, 0.5) is 14.5 Å². The minimum absolute atomic E-state index is 0.0420. The second kappa shape index (κ2) is 3.92. The van der Waals surface area contributed by atoms with Crippen LogP contribution >= 0.6 is 0 Å². The Balaban J connectivity index is 3.12. The Morgan fingerprint density at radius 1 is 1.21 bits per heavy atom. The molecule has 0 fully saturated rings. The number of hydrogen-bond acceptors (Lipinski definition) is 2. The molecule has 0 aliphatic rings. The van der Waals surface area contributed by atoms with Gasteiger partial charge in [-0.3, -0.25) is 0 Å². The minimum Gasteiger partial charge on any atom is -0.394 e. The van der Waals surface area contributed by atoms with Crippen molar-refractivity contribution in [1.82, 2.24) is 4.90 Å². The monoisotopic (exact) mass is 200 g/mol. The molecule has 1 aromatic rings. The van der Waals surface area contributed by atoms with E-state index in [0.717, 1.165) is 0 Å². The van der Waals surface area contributed by atoms with Crippen LogP contribution in [0.15, 0.2) is 12.1 Å². The normalized spacial score (nSPS) is 13.3. The van der Waals surface area contributed by atoms with E-state index >= 15 is 0 Å². The lowest BCUT2D eigenvalue weighted by Gasteiger charge is -2.20. The maximum atomic E-state index is 13.1. The highest BCUT2D eigenvalue weighted by Gasteiger charge is 2.13. The first-order chi connectivity index (χ1) is 6.43. The molecule has 0 amide bonds. The van der Waals surface area contributed by atoms with Gasteiger partial charge in [0, 0.05) is 6.04 Å². The Kier molecular flexibility index (Phi) is 3.06. The van der Waals surface area contributed by atoms with Crippen molar-refractivity contribution in [1.29, 1.82) is 0 Å². The van der Waals surface area contributed by atoms with Gasteiger partial charge >= 0.3 is 0 Å². The summed E-state index contributed by atoms with van der Waals surface area (Å²) in [5, 5.41) is 0. The summed E-state index contributed by atoms with van der Waals surface area (Å²) in [6.45, 7) is 1.87. The van der Waals surface area contributed by atoms with Crippen LogP contribution in [0, 0.1) is 11.6 Å². The smallest absolute Gasteiger partial charge is 0.149 e. The Morgan fingerprint density at radius 3 is 2.00 bits per heavy atom. The van der Waals surface area contributed by atoms with Gasteiger partial charge in [0.1, 0.15) is 17.3 Å². The summed E-state index contributed by atoms with van der Waals surface area (Å²) >= 11 is 0. The van der Waals surface area contributed by atoms with E-state index in [2.05, 4.69) is 0 Å². The van der Waals surface area contributed by atoms with Crippen LogP contribution in [0.2, 0.25) is 0 Å². The average Bonchev–Trinajstić information content (AvgIpc) is 2.12. The lowest BCUT2D eigenvalue weighted by Crippen LogP contribution is -2.17. The number of nitrogens with zero attached hydrogens (tertiary/aromatic N) is 1. The van der Waals surface area contributed by atoms with Crippen LogP contribution in [0.5, 0.6) is 0 Å². The van der Waals surface area contributed by atoms with Crippen LogP contribution in [0.1, 0.15) is 18.5 Å². The molecule has 78 valence electrons. The molecular weight excluding hydrogens is 186 g/mol. The summed E-state index contributed by atoms with van der Waals surface area (Å²) in [5.41, 5.74) is 5.33. The highest BCUT2D eigenvalue weighted by atomic mass is 19.1. The summed E-state index contributed by atoms with van der Waals surface area (Å²) in [6.07, 6.45) is 0. The second-order valence-corrected chi connectivity index (χ2v) is 3.54. The van der Waals surface area contributed by atoms with Gasteiger partial charge in [-0.2, -0.15) is 0 Å². The summed E-state index contributed by atoms with van der Waals surface area (Å²) in [6, 6.07) is 2.49. The van der Waals surface area contributed by atoms with Gasteiger partial charge < -0.3 is 10.6 Å². The van der Waals surface area contributed by atoms with Gasteiger partial charge in [-0.15, -0.1) is 0 Å². The van der Waals surface area contributed by atoms with E-state index in [1.165, 1.54) is 12.1 Å². The Hall–Kier alpha value is -1.16. The van der Waals surface area contributed by atoms with Crippen LogP contribution in [0.3, 0.4) is 0 Å². The lowest BCUT2D eigenvalue weighted by molar-refractivity contribution is 0.319. The maximum absolute atomic E-state index is 13.1. The van der Waals surface area contributed by atoms with Crippen molar-refractivity contribution in [2.75, 3.05) is 19.8 Å². The quantitative estimate of drug-likeness (QED) is 0.741. The molecule has 14 heavy (non-hydrogen) atoms. The molecule has 2 nitrogen and oxygen atoms in total. The number of anilines is 1. The standard InChI is InChI=1S/C10H14F2N2/c1-6(14(2)3)7-4-8(11)10(13)9(12)5-7/h4-6H,13H2,1-3H3. The van der Waals surface area contributed by atoms with Crippen LogP contribution in [0.25, 0.3) is 0 Å². The van der Waals surface area contributed by atoms with Crippen LogP contribution in [-0.2, 0) is 0 Å². The van der Waals surface area contributed by atoms with Crippen molar-refractivity contribution in [3.05, 3.63) is 29.3 Å². The molecule has 0 aliphatic heterocycles. The van der Waals surface area contributed by atoms with Gasteiger partial charge in [-0.05, 0) is 38.7 Å². The zero-order valence-electron chi connectivity index (χ0n) is 8.51. The first-order valence-electron chi connectivity index (χ1n) is 4.34. The average molecular weight is 200 g/mol. The van der Waals surface area contributed by atoms with Gasteiger partial charge in [-0.1, -0.05) is 0 Å². The maximum Gasteiger partial charge on any atom is 0.149 e. The molecule has 1 atom stereocenters. The van der Waals surface area contributed by atoms with Crippen molar-refractivity contribution in [2.45, 2.75) is 13.0 Å². The Labute approximate surface area is 82.3 Å². The van der Waals surface area contributed by atoms with Gasteiger partial charge in [0.25, 0.3) is 0 Å². The highest BCUT2D eigenvalue weighted by molar-refractivity contribution is 5.43. The van der Waals surface area contributed by atoms with E-state index in [0.29, 0.717) is 5.56 Å². The zero-order valence-corrected chi connectivity index (χ0v) is 8.51. The molecule has 1 rings (SSSR count). The minimum atomic E-state index is -0.700. The summed E-state index contributed by atoms with van der Waals surface area (Å²) < 4.78 is 26.2. The first kappa shape index (κ1) is 10.9. The van der Waals surface area contributed by atoms with Crippen molar-refractivity contribution in [3.63, 3.8) is 0 Å². The third-order valence-corrected chi connectivity index (χ3v) is 2.36. The predicted octanol–water partition coefficient (Wildman–Crippen LogP) is 2.17. The van der Waals surface area contributed by atoms with E-state index in [4.69, 9.17) is 5.73 Å². The molecular formula is C10H14F2N2. The van der Waals surface area contributed by atoms with Crippen LogP contribution in [-0.4, -0.2) is 19.0 Å². The van der Waals surface area contributed by atoms with Crippen LogP contribution < -0.4 is 5.73 Å². The topological polar surface area (TPSA) is 29.3 Å². The van der Waals surface area contributed by atoms with Gasteiger partial charge in [0.05, 0.1) is 0 Å². The largest absolute Gasteiger partial charge is 0.394 e. The fourth-order valence-corrected chi connectivity index (χ4v) is 1.14. The molecule has 2 N–H and O–H groups in total. The molecule has 0 spiro atoms. The zero-order chi connectivity index (χ0) is 10.9. The summed E-state index contributed by atoms with van der Waals surface area (Å²) in [5.74, 6) is -1.40. The lowest BCUT2D eigenvalue weighted by atomic mass is 10.1. The van der Waals surface area contributed by atoms with E-state index < -0.39 is 17.3 Å². The molecule has 4 heteroatoms. The summed E-state index contributed by atoms with van der Waals surface area (Å²) in [4.78, 5) is 1.87. The molecule has 0 radical (unpaired) electrons. The van der Waals surface area contributed by atoms with Crippen molar-refractivity contribution in [3.8, 4) is 0 Å². The third kappa shape index (κ3) is 2.01. The fourth-order valence-electron chi connectivity index (χ4n) is 1.14. The van der Waals surface area contributed by atoms with E-state index in [1.54, 1.807) is 0 Å². The molecule has 1 unspecified atom stereocenters. The van der Waals surface area contributed by atoms with E-state index in [1.807, 2.05) is 25.9 Å². The molecule has 0 saturated carbocycles. The number of nitrogen functional groups attached to an aromatic ring is 1. The van der Waals surface area contributed by atoms with E-state index in [-0.39, 0.29) is 6.04 Å². The van der Waals surface area contributed by atoms with Crippen molar-refractivity contribution >= 4 is 5.69 Å². The molecule has 0 aliphatic carbocycles. The van der Waals surface area contributed by atoms with Crippen molar-refractivity contribution < 1.29 is 8.78 Å². The molecule has 0 saturated heterocycles. The third-order valence-electron chi connectivity index (χ3n) is 2.36. The number of rotatable bonds is 2. The summed E-state index contributed by atoms with van der Waals surface area (Å²) in [7, 11) is 3.69. The van der Waals surface area contributed by atoms with Gasteiger partial charge in [0.2, 0.25) is 0 Å². The Bertz CT molecular complexity index is 314. The predicted molar refractivity (Wildman–Crippen MR) is 52.9 cm³/mol.